The molecular weight excluding hydrogens is 198 g/mol. The molecule has 2 heteroatoms. The van der Waals surface area contributed by atoms with Crippen molar-refractivity contribution in [2.45, 2.75) is 5.60 Å². The second-order valence-corrected chi connectivity index (χ2v) is 3.73. The molecule has 2 aromatic rings. The Morgan fingerprint density at radius 2 is 1.88 bits per heavy atom. The van der Waals surface area contributed by atoms with E-state index >= 15 is 0 Å². The Bertz CT molecular complexity index is 521. The van der Waals surface area contributed by atoms with E-state index < -0.39 is 5.60 Å². The summed E-state index contributed by atoms with van der Waals surface area (Å²) < 4.78 is 1.83. The van der Waals surface area contributed by atoms with Crippen molar-refractivity contribution < 1.29 is 5.11 Å². The molecule has 0 aliphatic heterocycles. The van der Waals surface area contributed by atoms with E-state index in [0.29, 0.717) is 11.3 Å². The zero-order chi connectivity index (χ0) is 11.6. The molecule has 1 atom stereocenters. The number of hydrogen-bond acceptors (Lipinski definition) is 1. The molecule has 2 nitrogen and oxygen atoms in total. The minimum absolute atomic E-state index is 0.696. The molecule has 16 heavy (non-hydrogen) atoms. The fraction of sp³-hybridized carbons (Fsp3) is 0.143. The van der Waals surface area contributed by atoms with Gasteiger partial charge >= 0.3 is 0 Å². The van der Waals surface area contributed by atoms with Crippen molar-refractivity contribution in [1.82, 2.24) is 4.57 Å². The summed E-state index contributed by atoms with van der Waals surface area (Å²) in [4.78, 5) is 0. The van der Waals surface area contributed by atoms with Gasteiger partial charge in [0.1, 0.15) is 0 Å². The zero-order valence-corrected chi connectivity index (χ0v) is 9.09. The summed E-state index contributed by atoms with van der Waals surface area (Å²) in [6.45, 7) is 0. The van der Waals surface area contributed by atoms with Gasteiger partial charge < -0.3 is 9.67 Å². The van der Waals surface area contributed by atoms with Crippen LogP contribution in [0.4, 0.5) is 0 Å². The summed E-state index contributed by atoms with van der Waals surface area (Å²) in [5.74, 6) is 2.47. The third-order valence-corrected chi connectivity index (χ3v) is 2.71. The quantitative estimate of drug-likeness (QED) is 0.754. The van der Waals surface area contributed by atoms with E-state index in [0.717, 1.165) is 0 Å². The molecular formula is C14H13NO. The van der Waals surface area contributed by atoms with Crippen LogP contribution in [0.1, 0.15) is 11.3 Å². The van der Waals surface area contributed by atoms with Crippen LogP contribution in [0.2, 0.25) is 0 Å². The van der Waals surface area contributed by atoms with E-state index in [2.05, 4.69) is 5.92 Å². The molecule has 0 aliphatic rings. The first kappa shape index (κ1) is 10.5. The lowest BCUT2D eigenvalue weighted by Crippen LogP contribution is -2.27. The molecule has 0 spiro atoms. The summed E-state index contributed by atoms with van der Waals surface area (Å²) in [6.07, 6.45) is 7.35. The Labute approximate surface area is 95.2 Å². The van der Waals surface area contributed by atoms with Gasteiger partial charge in [0.05, 0.1) is 5.69 Å². The Morgan fingerprint density at radius 1 is 1.19 bits per heavy atom. The van der Waals surface area contributed by atoms with Crippen molar-refractivity contribution in [1.29, 1.82) is 0 Å². The Morgan fingerprint density at radius 3 is 2.38 bits per heavy atom. The lowest BCUT2D eigenvalue weighted by molar-refractivity contribution is 0.137. The molecule has 0 radical (unpaired) electrons. The molecule has 1 aromatic heterocycles. The number of aromatic nitrogens is 1. The lowest BCUT2D eigenvalue weighted by atomic mass is 9.91. The van der Waals surface area contributed by atoms with Gasteiger partial charge in [0, 0.05) is 18.8 Å². The van der Waals surface area contributed by atoms with Crippen molar-refractivity contribution in [3.63, 3.8) is 0 Å². The van der Waals surface area contributed by atoms with Gasteiger partial charge in [-0.3, -0.25) is 0 Å². The number of rotatable bonds is 2. The molecule has 1 heterocycles. The number of hydrogen-bond donors (Lipinski definition) is 1. The number of terminal acetylenes is 1. The third kappa shape index (κ3) is 1.52. The van der Waals surface area contributed by atoms with Crippen molar-refractivity contribution in [3.8, 4) is 12.3 Å². The fourth-order valence-corrected chi connectivity index (χ4v) is 1.82. The van der Waals surface area contributed by atoms with Crippen molar-refractivity contribution in [2.24, 2.45) is 7.05 Å². The van der Waals surface area contributed by atoms with Crippen LogP contribution in [0.3, 0.4) is 0 Å². The van der Waals surface area contributed by atoms with E-state index in [1.807, 2.05) is 60.3 Å². The summed E-state index contributed by atoms with van der Waals surface area (Å²) in [6, 6.07) is 13.0. The summed E-state index contributed by atoms with van der Waals surface area (Å²) in [5.41, 5.74) is 0.0416. The van der Waals surface area contributed by atoms with Gasteiger partial charge in [0.15, 0.2) is 5.60 Å². The average molecular weight is 211 g/mol. The maximum absolute atomic E-state index is 10.6. The Balaban J connectivity index is 2.59. The maximum Gasteiger partial charge on any atom is 0.191 e. The third-order valence-electron chi connectivity index (χ3n) is 2.71. The second-order valence-electron chi connectivity index (χ2n) is 3.73. The average Bonchev–Trinajstić information content (AvgIpc) is 2.76. The van der Waals surface area contributed by atoms with Crippen LogP contribution in [0, 0.1) is 12.3 Å². The van der Waals surface area contributed by atoms with E-state index in [-0.39, 0.29) is 0 Å². The number of aryl methyl sites for hydroxylation is 1. The van der Waals surface area contributed by atoms with Crippen molar-refractivity contribution in [2.75, 3.05) is 0 Å². The van der Waals surface area contributed by atoms with Gasteiger partial charge in [0.2, 0.25) is 0 Å². The molecule has 0 amide bonds. The minimum atomic E-state index is -1.36. The number of aliphatic hydroxyl groups is 1. The first-order chi connectivity index (χ1) is 7.68. The van der Waals surface area contributed by atoms with Crippen molar-refractivity contribution in [3.05, 3.63) is 59.9 Å². The molecule has 0 saturated heterocycles. The van der Waals surface area contributed by atoms with Crippen LogP contribution >= 0.6 is 0 Å². The summed E-state index contributed by atoms with van der Waals surface area (Å²) in [7, 11) is 1.86. The molecule has 0 saturated carbocycles. The second kappa shape index (κ2) is 3.88. The molecule has 1 N–H and O–H groups in total. The van der Waals surface area contributed by atoms with Gasteiger partial charge in [-0.1, -0.05) is 36.3 Å². The highest BCUT2D eigenvalue weighted by Gasteiger charge is 2.30. The molecule has 0 aliphatic carbocycles. The Hall–Kier alpha value is -1.98. The topological polar surface area (TPSA) is 25.2 Å². The van der Waals surface area contributed by atoms with E-state index in [1.54, 1.807) is 0 Å². The van der Waals surface area contributed by atoms with Gasteiger partial charge in [-0.2, -0.15) is 0 Å². The van der Waals surface area contributed by atoms with Gasteiger partial charge in [-0.05, 0) is 12.1 Å². The van der Waals surface area contributed by atoms with Crippen molar-refractivity contribution >= 4 is 0 Å². The van der Waals surface area contributed by atoms with Crippen LogP contribution in [0.5, 0.6) is 0 Å². The zero-order valence-electron chi connectivity index (χ0n) is 9.09. The standard InChI is InChI=1S/C14H13NO/c1-3-14(16,12-8-5-4-6-9-12)13-10-7-11-15(13)2/h1,4-11,16H,2H3. The molecule has 80 valence electrons. The Kier molecular flexibility index (Phi) is 2.55. The molecule has 0 bridgehead atoms. The van der Waals surface area contributed by atoms with Crippen LogP contribution < -0.4 is 0 Å². The molecule has 2 rings (SSSR count). The van der Waals surface area contributed by atoms with E-state index in [4.69, 9.17) is 6.42 Å². The minimum Gasteiger partial charge on any atom is -0.368 e. The largest absolute Gasteiger partial charge is 0.368 e. The highest BCUT2D eigenvalue weighted by molar-refractivity contribution is 5.40. The summed E-state index contributed by atoms with van der Waals surface area (Å²) in [5, 5.41) is 10.6. The van der Waals surface area contributed by atoms with Gasteiger partial charge in [-0.15, -0.1) is 6.42 Å². The van der Waals surface area contributed by atoms with E-state index in [9.17, 15) is 5.11 Å². The van der Waals surface area contributed by atoms with Crippen LogP contribution in [0.25, 0.3) is 0 Å². The van der Waals surface area contributed by atoms with Crippen LogP contribution in [-0.2, 0) is 12.6 Å². The molecule has 0 fully saturated rings. The highest BCUT2D eigenvalue weighted by atomic mass is 16.3. The van der Waals surface area contributed by atoms with Crippen LogP contribution in [-0.4, -0.2) is 9.67 Å². The molecule has 1 unspecified atom stereocenters. The van der Waals surface area contributed by atoms with Gasteiger partial charge in [0.25, 0.3) is 0 Å². The molecule has 1 aromatic carbocycles. The number of benzene rings is 1. The smallest absolute Gasteiger partial charge is 0.191 e. The first-order valence-corrected chi connectivity index (χ1v) is 5.06. The normalized spacial score (nSPS) is 14.1. The fourth-order valence-electron chi connectivity index (χ4n) is 1.82. The number of nitrogens with zero attached hydrogens (tertiary/aromatic N) is 1. The first-order valence-electron chi connectivity index (χ1n) is 5.06. The summed E-state index contributed by atoms with van der Waals surface area (Å²) >= 11 is 0. The lowest BCUT2D eigenvalue weighted by Gasteiger charge is -2.23. The monoisotopic (exact) mass is 211 g/mol. The predicted octanol–water partition coefficient (Wildman–Crippen LogP) is 1.89. The van der Waals surface area contributed by atoms with Crippen LogP contribution in [0.15, 0.2) is 48.7 Å². The highest BCUT2D eigenvalue weighted by Crippen LogP contribution is 2.28. The van der Waals surface area contributed by atoms with Gasteiger partial charge in [-0.25, -0.2) is 0 Å². The predicted molar refractivity (Wildman–Crippen MR) is 63.7 cm³/mol. The van der Waals surface area contributed by atoms with E-state index in [1.165, 1.54) is 0 Å². The maximum atomic E-state index is 10.6. The SMILES string of the molecule is C#CC(O)(c1ccccc1)c1cccn1C.